The Morgan fingerprint density at radius 2 is 1.02 bits per heavy atom. The van der Waals surface area contributed by atoms with Crippen molar-refractivity contribution in [3.63, 3.8) is 0 Å². The Kier molecular flexibility index (Phi) is 6.93. The quantitative estimate of drug-likeness (QED) is 0.177. The van der Waals surface area contributed by atoms with Crippen molar-refractivity contribution in [2.24, 2.45) is 0 Å². The van der Waals surface area contributed by atoms with Crippen molar-refractivity contribution in [1.82, 2.24) is 0 Å². The van der Waals surface area contributed by atoms with E-state index in [1.165, 1.54) is 77.1 Å². The topological polar surface area (TPSA) is 16.4 Å². The maximum atomic E-state index is 6.18. The molecule has 260 valence electrons. The minimum absolute atomic E-state index is 0.0954. The largest absolute Gasteiger partial charge is 0.456 e. The third kappa shape index (κ3) is 4.95. The second-order valence-corrected chi connectivity index (χ2v) is 15.3. The maximum absolute atomic E-state index is 6.18. The fourth-order valence-electron chi connectivity index (χ4n) is 9.06. The Balaban J connectivity index is 1.03. The van der Waals surface area contributed by atoms with Crippen molar-refractivity contribution in [2.45, 2.75) is 19.3 Å². The van der Waals surface area contributed by atoms with Gasteiger partial charge in [0.1, 0.15) is 11.2 Å². The molecule has 0 amide bonds. The highest BCUT2D eigenvalue weighted by atomic mass is 16.3. The third-order valence-corrected chi connectivity index (χ3v) is 11.9. The van der Waals surface area contributed by atoms with Crippen LogP contribution >= 0.6 is 0 Å². The van der Waals surface area contributed by atoms with E-state index in [1.807, 2.05) is 12.1 Å². The Morgan fingerprint density at radius 3 is 1.80 bits per heavy atom. The molecular formula is C53H37NO. The number of furan rings is 1. The summed E-state index contributed by atoms with van der Waals surface area (Å²) in [6.07, 6.45) is 0. The molecule has 11 rings (SSSR count). The van der Waals surface area contributed by atoms with Crippen molar-refractivity contribution in [1.29, 1.82) is 0 Å². The summed E-state index contributed by atoms with van der Waals surface area (Å²) in [6.45, 7) is 4.70. The standard InChI is InChI=1S/C53H37NO/c1-53(2)46-14-7-5-12-44(46)52-47(53)15-9-16-48(52)54(41-26-20-35(21-27-41)38-19-18-34-10-3-4-11-37(34)32-38)42-28-22-36(23-29-42)39-24-30-43-40(33-39)25-31-50-51(43)45-13-6-8-17-49(45)55-50/h3-33H,1-2H3. The van der Waals surface area contributed by atoms with Gasteiger partial charge in [0.25, 0.3) is 0 Å². The molecule has 0 unspecified atom stereocenters. The second-order valence-electron chi connectivity index (χ2n) is 15.3. The van der Waals surface area contributed by atoms with Crippen molar-refractivity contribution in [3.05, 3.63) is 199 Å². The highest BCUT2D eigenvalue weighted by Crippen LogP contribution is 2.54. The molecule has 2 heteroatoms. The first-order chi connectivity index (χ1) is 27.0. The Labute approximate surface area is 320 Å². The molecule has 0 atom stereocenters. The van der Waals surface area contributed by atoms with E-state index in [0.29, 0.717) is 0 Å². The van der Waals surface area contributed by atoms with Gasteiger partial charge in [-0.3, -0.25) is 0 Å². The van der Waals surface area contributed by atoms with Gasteiger partial charge in [-0.05, 0) is 115 Å². The molecule has 9 aromatic carbocycles. The molecule has 0 fully saturated rings. The fourth-order valence-corrected chi connectivity index (χ4v) is 9.06. The van der Waals surface area contributed by atoms with E-state index in [9.17, 15) is 0 Å². The molecule has 0 bridgehead atoms. The van der Waals surface area contributed by atoms with Crippen LogP contribution in [0.2, 0.25) is 0 Å². The van der Waals surface area contributed by atoms with Gasteiger partial charge >= 0.3 is 0 Å². The van der Waals surface area contributed by atoms with Crippen molar-refractivity contribution >= 4 is 60.5 Å². The summed E-state index contributed by atoms with van der Waals surface area (Å²) < 4.78 is 6.18. The number of fused-ring (bicyclic) bond motifs is 9. The minimum atomic E-state index is -0.0954. The minimum Gasteiger partial charge on any atom is -0.456 e. The lowest BCUT2D eigenvalue weighted by Gasteiger charge is -2.29. The number of rotatable bonds is 5. The van der Waals surface area contributed by atoms with Crippen molar-refractivity contribution in [2.75, 3.05) is 4.90 Å². The average molecular weight is 704 g/mol. The molecule has 0 radical (unpaired) electrons. The third-order valence-electron chi connectivity index (χ3n) is 11.9. The van der Waals surface area contributed by atoms with Crippen LogP contribution in [0, 0.1) is 0 Å². The van der Waals surface area contributed by atoms with Crippen molar-refractivity contribution in [3.8, 4) is 33.4 Å². The molecule has 1 aliphatic rings. The van der Waals surface area contributed by atoms with Crippen LogP contribution in [0.5, 0.6) is 0 Å². The number of para-hydroxylation sites is 1. The van der Waals surface area contributed by atoms with E-state index in [0.717, 1.165) is 27.9 Å². The fraction of sp³-hybridized carbons (Fsp3) is 0.0566. The monoisotopic (exact) mass is 703 g/mol. The van der Waals surface area contributed by atoms with E-state index in [4.69, 9.17) is 4.42 Å². The molecule has 10 aromatic rings. The molecular weight excluding hydrogens is 667 g/mol. The normalized spacial score (nSPS) is 13.1. The van der Waals surface area contributed by atoms with Gasteiger partial charge in [-0.15, -0.1) is 0 Å². The van der Waals surface area contributed by atoms with E-state index in [2.05, 4.69) is 195 Å². The van der Waals surface area contributed by atoms with E-state index in [1.54, 1.807) is 0 Å². The molecule has 55 heavy (non-hydrogen) atoms. The zero-order valence-corrected chi connectivity index (χ0v) is 30.8. The summed E-state index contributed by atoms with van der Waals surface area (Å²) in [6, 6.07) is 68.5. The highest BCUT2D eigenvalue weighted by molar-refractivity contribution is 6.19. The molecule has 0 N–H and O–H groups in total. The summed E-state index contributed by atoms with van der Waals surface area (Å²) in [5, 5.41) is 7.26. The maximum Gasteiger partial charge on any atom is 0.136 e. The summed E-state index contributed by atoms with van der Waals surface area (Å²) in [4.78, 5) is 2.44. The predicted octanol–water partition coefficient (Wildman–Crippen LogP) is 15.0. The van der Waals surface area contributed by atoms with Crippen LogP contribution in [0.25, 0.3) is 76.9 Å². The molecule has 0 saturated heterocycles. The number of nitrogens with zero attached hydrogens (tertiary/aromatic N) is 1. The molecule has 1 aliphatic carbocycles. The van der Waals surface area contributed by atoms with E-state index in [-0.39, 0.29) is 5.41 Å². The molecule has 1 heterocycles. The van der Waals surface area contributed by atoms with Crippen LogP contribution < -0.4 is 4.90 Å². The van der Waals surface area contributed by atoms with E-state index >= 15 is 0 Å². The Bertz CT molecular complexity index is 3110. The van der Waals surface area contributed by atoms with Crippen LogP contribution in [0.1, 0.15) is 25.0 Å². The van der Waals surface area contributed by atoms with Gasteiger partial charge in [-0.2, -0.15) is 0 Å². The molecule has 0 spiro atoms. The molecule has 0 saturated carbocycles. The SMILES string of the molecule is CC1(C)c2ccccc2-c2c(N(c3ccc(-c4ccc5ccccc5c4)cc3)c3ccc(-c4ccc5c(ccc6oc7ccccc7c65)c4)cc3)cccc21. The lowest BCUT2D eigenvalue weighted by Crippen LogP contribution is -2.16. The summed E-state index contributed by atoms with van der Waals surface area (Å²) >= 11 is 0. The number of hydrogen-bond acceptors (Lipinski definition) is 2. The van der Waals surface area contributed by atoms with Crippen LogP contribution in [0.15, 0.2) is 192 Å². The summed E-state index contributed by atoms with van der Waals surface area (Å²) in [5.74, 6) is 0. The van der Waals surface area contributed by atoms with Gasteiger partial charge < -0.3 is 9.32 Å². The Hall–Kier alpha value is -6.90. The van der Waals surface area contributed by atoms with Crippen LogP contribution in [0.3, 0.4) is 0 Å². The molecule has 0 aliphatic heterocycles. The van der Waals surface area contributed by atoms with Crippen LogP contribution in [-0.2, 0) is 5.41 Å². The zero-order chi connectivity index (χ0) is 36.7. The smallest absolute Gasteiger partial charge is 0.136 e. The first kappa shape index (κ1) is 31.6. The van der Waals surface area contributed by atoms with Crippen LogP contribution in [-0.4, -0.2) is 0 Å². The van der Waals surface area contributed by atoms with Gasteiger partial charge in [0.2, 0.25) is 0 Å². The summed E-state index contributed by atoms with van der Waals surface area (Å²) in [5.41, 5.74) is 15.3. The lowest BCUT2D eigenvalue weighted by molar-refractivity contribution is 0.660. The van der Waals surface area contributed by atoms with Gasteiger partial charge in [-0.1, -0.05) is 147 Å². The number of benzene rings is 9. The zero-order valence-electron chi connectivity index (χ0n) is 30.8. The van der Waals surface area contributed by atoms with E-state index < -0.39 is 0 Å². The van der Waals surface area contributed by atoms with Crippen molar-refractivity contribution < 1.29 is 4.42 Å². The average Bonchev–Trinajstić information content (AvgIpc) is 3.74. The van der Waals surface area contributed by atoms with Gasteiger partial charge in [0.15, 0.2) is 0 Å². The predicted molar refractivity (Wildman–Crippen MR) is 232 cm³/mol. The van der Waals surface area contributed by atoms with Gasteiger partial charge in [0, 0.05) is 33.1 Å². The summed E-state index contributed by atoms with van der Waals surface area (Å²) in [7, 11) is 0. The first-order valence-corrected chi connectivity index (χ1v) is 19.1. The molecule has 1 aromatic heterocycles. The number of hydrogen-bond donors (Lipinski definition) is 0. The molecule has 2 nitrogen and oxygen atoms in total. The first-order valence-electron chi connectivity index (χ1n) is 19.1. The second kappa shape index (κ2) is 12.1. The van der Waals surface area contributed by atoms with Gasteiger partial charge in [0.05, 0.1) is 5.69 Å². The lowest BCUT2D eigenvalue weighted by atomic mass is 9.82. The van der Waals surface area contributed by atoms with Gasteiger partial charge in [-0.25, -0.2) is 0 Å². The Morgan fingerprint density at radius 1 is 0.418 bits per heavy atom. The number of anilines is 3. The highest BCUT2D eigenvalue weighted by Gasteiger charge is 2.37. The van der Waals surface area contributed by atoms with Crippen LogP contribution in [0.4, 0.5) is 17.1 Å².